The summed E-state index contributed by atoms with van der Waals surface area (Å²) in [6, 6.07) is 1.21. The summed E-state index contributed by atoms with van der Waals surface area (Å²) < 4.78 is 0. The predicted molar refractivity (Wildman–Crippen MR) is 87.5 cm³/mol. The van der Waals surface area contributed by atoms with Crippen LogP contribution < -0.4 is 0 Å². The van der Waals surface area contributed by atoms with E-state index in [-0.39, 0.29) is 5.41 Å². The topological polar surface area (TPSA) is 17.1 Å². The van der Waals surface area contributed by atoms with Gasteiger partial charge in [-0.2, -0.15) is 0 Å². The van der Waals surface area contributed by atoms with Crippen molar-refractivity contribution in [3.8, 4) is 0 Å². The molecule has 112 valence electrons. The highest BCUT2D eigenvalue weighted by Gasteiger charge is 2.53. The first-order valence-electron chi connectivity index (χ1n) is 8.55. The van der Waals surface area contributed by atoms with Gasteiger partial charge in [0.15, 0.2) is 0 Å². The second-order valence-corrected chi connectivity index (χ2v) is 14.6. The lowest BCUT2D eigenvalue weighted by atomic mass is 9.48. The third-order valence-corrected chi connectivity index (χ3v) is 7.29. The van der Waals surface area contributed by atoms with Crippen molar-refractivity contribution < 1.29 is 4.79 Å². The van der Waals surface area contributed by atoms with Crippen LogP contribution in [-0.2, 0) is 4.79 Å². The number of carbonyl (C=O) groups excluding carboxylic acids is 1. The molecule has 0 saturated heterocycles. The molecule has 0 heterocycles. The average molecular weight is 291 g/mol. The molecule has 1 nitrogen and oxygen atoms in total. The quantitative estimate of drug-likeness (QED) is 0.511. The maximum Gasteiger partial charge on any atom is 0.142 e. The van der Waals surface area contributed by atoms with E-state index in [2.05, 4.69) is 31.8 Å². The van der Waals surface area contributed by atoms with Crippen LogP contribution in [0.3, 0.4) is 0 Å². The first kappa shape index (κ1) is 14.6. The highest BCUT2D eigenvalue weighted by atomic mass is 28.3. The van der Waals surface area contributed by atoms with E-state index in [1.807, 2.05) is 0 Å². The van der Waals surface area contributed by atoms with E-state index < -0.39 is 8.07 Å². The number of ketones is 1. The van der Waals surface area contributed by atoms with Crippen molar-refractivity contribution in [1.29, 1.82) is 0 Å². The van der Waals surface area contributed by atoms with Crippen LogP contribution in [0.15, 0.2) is 12.2 Å². The molecule has 0 aromatic rings. The molecule has 4 saturated carbocycles. The van der Waals surface area contributed by atoms with Gasteiger partial charge in [0.05, 0.1) is 0 Å². The van der Waals surface area contributed by atoms with Crippen molar-refractivity contribution in [3.05, 3.63) is 12.2 Å². The van der Waals surface area contributed by atoms with E-state index in [9.17, 15) is 4.79 Å². The SMILES string of the molecule is C[Si](C)(C)C/C=C/CC(=O)C12CC3CC(CC(C3)C1)C2. The van der Waals surface area contributed by atoms with Crippen molar-refractivity contribution in [2.75, 3.05) is 0 Å². The molecule has 20 heavy (non-hydrogen) atoms. The normalized spacial score (nSPS) is 39.6. The number of rotatable bonds is 5. The molecule has 0 aromatic heterocycles. The molecule has 0 aromatic carbocycles. The third kappa shape index (κ3) is 2.95. The number of allylic oxidation sites excluding steroid dienone is 2. The molecule has 0 N–H and O–H groups in total. The Bertz CT molecular complexity index is 380. The first-order valence-corrected chi connectivity index (χ1v) is 12.3. The van der Waals surface area contributed by atoms with Crippen LogP contribution in [0, 0.1) is 23.2 Å². The molecule has 0 radical (unpaired) electrons. The maximum atomic E-state index is 12.8. The predicted octanol–water partition coefficient (Wildman–Crippen LogP) is 5.06. The van der Waals surface area contributed by atoms with Crippen molar-refractivity contribution >= 4 is 13.9 Å². The van der Waals surface area contributed by atoms with E-state index in [0.29, 0.717) is 12.2 Å². The number of hydrogen-bond donors (Lipinski definition) is 0. The molecular weight excluding hydrogens is 260 g/mol. The highest BCUT2D eigenvalue weighted by Crippen LogP contribution is 2.60. The number of Topliss-reactive ketones (excluding diaryl/α,β-unsaturated/α-hetero) is 1. The Morgan fingerprint density at radius 3 is 1.95 bits per heavy atom. The van der Waals surface area contributed by atoms with E-state index in [4.69, 9.17) is 0 Å². The zero-order chi connectivity index (χ0) is 14.4. The van der Waals surface area contributed by atoms with Gasteiger partial charge in [0.1, 0.15) is 5.78 Å². The molecule has 4 fully saturated rings. The van der Waals surface area contributed by atoms with Crippen LogP contribution >= 0.6 is 0 Å². The fourth-order valence-electron chi connectivity index (χ4n) is 5.30. The number of hydrogen-bond acceptors (Lipinski definition) is 1. The summed E-state index contributed by atoms with van der Waals surface area (Å²) in [6.45, 7) is 7.16. The summed E-state index contributed by atoms with van der Waals surface area (Å²) >= 11 is 0. The minimum absolute atomic E-state index is 0.109. The van der Waals surface area contributed by atoms with Gasteiger partial charge >= 0.3 is 0 Å². The van der Waals surface area contributed by atoms with Gasteiger partial charge in [-0.05, 0) is 62.3 Å². The lowest BCUT2D eigenvalue weighted by Gasteiger charge is -2.56. The third-order valence-electron chi connectivity index (χ3n) is 5.83. The summed E-state index contributed by atoms with van der Waals surface area (Å²) in [5.41, 5.74) is 0.109. The summed E-state index contributed by atoms with van der Waals surface area (Å²) in [5.74, 6) is 3.23. The van der Waals surface area contributed by atoms with E-state index in [0.717, 1.165) is 17.8 Å². The number of carbonyl (C=O) groups is 1. The second-order valence-electron chi connectivity index (χ2n) is 9.06. The van der Waals surface area contributed by atoms with Crippen LogP contribution in [0.25, 0.3) is 0 Å². The Balaban J connectivity index is 1.60. The Labute approximate surface area is 125 Å². The first-order chi connectivity index (χ1) is 9.36. The minimum Gasteiger partial charge on any atom is -0.299 e. The average Bonchev–Trinajstić information content (AvgIpc) is 2.31. The van der Waals surface area contributed by atoms with Crippen molar-refractivity contribution in [2.45, 2.75) is 70.6 Å². The molecule has 0 unspecified atom stereocenters. The summed E-state index contributed by atoms with van der Waals surface area (Å²) in [4.78, 5) is 12.8. The lowest BCUT2D eigenvalue weighted by Crippen LogP contribution is -2.49. The van der Waals surface area contributed by atoms with Gasteiger partial charge in [0.25, 0.3) is 0 Å². The van der Waals surface area contributed by atoms with E-state index in [1.54, 1.807) is 0 Å². The molecule has 2 heteroatoms. The van der Waals surface area contributed by atoms with Gasteiger partial charge in [-0.25, -0.2) is 0 Å². The fourth-order valence-corrected chi connectivity index (χ4v) is 6.17. The Hall–Kier alpha value is -0.373. The van der Waals surface area contributed by atoms with Gasteiger partial charge in [-0.15, -0.1) is 0 Å². The largest absolute Gasteiger partial charge is 0.299 e. The van der Waals surface area contributed by atoms with Gasteiger partial charge in [0, 0.05) is 19.9 Å². The summed E-state index contributed by atoms with van der Waals surface area (Å²) in [7, 11) is -0.998. The Morgan fingerprint density at radius 1 is 1.00 bits per heavy atom. The van der Waals surface area contributed by atoms with Crippen molar-refractivity contribution in [3.63, 3.8) is 0 Å². The van der Waals surface area contributed by atoms with Crippen LogP contribution in [-0.4, -0.2) is 13.9 Å². The van der Waals surface area contributed by atoms with Gasteiger partial charge in [0.2, 0.25) is 0 Å². The zero-order valence-corrected chi connectivity index (χ0v) is 14.5. The molecule has 4 bridgehead atoms. The van der Waals surface area contributed by atoms with Crippen LogP contribution in [0.1, 0.15) is 44.9 Å². The molecule has 4 aliphatic carbocycles. The summed E-state index contributed by atoms with van der Waals surface area (Å²) in [5, 5.41) is 0. The maximum absolute atomic E-state index is 12.8. The fraction of sp³-hybridized carbons (Fsp3) is 0.833. The van der Waals surface area contributed by atoms with Gasteiger partial charge in [-0.3, -0.25) is 4.79 Å². The molecule has 0 amide bonds. The van der Waals surface area contributed by atoms with Crippen molar-refractivity contribution in [2.24, 2.45) is 23.2 Å². The monoisotopic (exact) mass is 290 g/mol. The standard InChI is InChI=1S/C18H30OSi/c1-20(2,3)7-5-4-6-17(19)18-11-14-8-15(12-18)10-16(9-14)13-18/h4-5,14-16H,6-13H2,1-3H3/b5-4+. The molecule has 4 aliphatic rings. The van der Waals surface area contributed by atoms with Crippen LogP contribution in [0.4, 0.5) is 0 Å². The van der Waals surface area contributed by atoms with E-state index >= 15 is 0 Å². The van der Waals surface area contributed by atoms with Gasteiger partial charge in [-0.1, -0.05) is 31.8 Å². The Morgan fingerprint density at radius 2 is 1.50 bits per heavy atom. The zero-order valence-electron chi connectivity index (χ0n) is 13.5. The molecule has 4 rings (SSSR count). The molecule has 0 spiro atoms. The van der Waals surface area contributed by atoms with Crippen molar-refractivity contribution in [1.82, 2.24) is 0 Å². The van der Waals surface area contributed by atoms with E-state index in [1.165, 1.54) is 44.6 Å². The van der Waals surface area contributed by atoms with Crippen LogP contribution in [0.2, 0.25) is 25.7 Å². The second kappa shape index (κ2) is 5.12. The molecular formula is C18H30OSi. The molecule has 0 aliphatic heterocycles. The lowest BCUT2D eigenvalue weighted by molar-refractivity contribution is -0.142. The molecule has 0 atom stereocenters. The smallest absolute Gasteiger partial charge is 0.142 e. The summed E-state index contributed by atoms with van der Waals surface area (Å²) in [6.07, 6.45) is 13.1. The minimum atomic E-state index is -0.998. The van der Waals surface area contributed by atoms with Gasteiger partial charge < -0.3 is 0 Å². The Kier molecular flexibility index (Phi) is 3.73. The highest BCUT2D eigenvalue weighted by molar-refractivity contribution is 6.76. The van der Waals surface area contributed by atoms with Crippen LogP contribution in [0.5, 0.6) is 0 Å².